The third-order valence-electron chi connectivity index (χ3n) is 5.13. The van der Waals surface area contributed by atoms with Gasteiger partial charge in [0.05, 0.1) is 12.5 Å². The van der Waals surface area contributed by atoms with E-state index >= 15 is 0 Å². The second kappa shape index (κ2) is 8.49. The predicted octanol–water partition coefficient (Wildman–Crippen LogP) is 0.849. The molecule has 0 aliphatic carbocycles. The van der Waals surface area contributed by atoms with Crippen molar-refractivity contribution in [2.45, 2.75) is 32.2 Å². The molecule has 0 aromatic heterocycles. The van der Waals surface area contributed by atoms with E-state index in [1.54, 1.807) is 12.0 Å². The highest BCUT2D eigenvalue weighted by Crippen LogP contribution is 2.23. The molecule has 2 aliphatic heterocycles. The summed E-state index contributed by atoms with van der Waals surface area (Å²) in [6.07, 6.45) is 2.97. The van der Waals surface area contributed by atoms with E-state index < -0.39 is 11.9 Å². The van der Waals surface area contributed by atoms with Crippen molar-refractivity contribution in [1.29, 1.82) is 0 Å². The molecule has 2 saturated heterocycles. The number of carbonyl (C=O) groups is 2. The lowest BCUT2D eigenvalue weighted by Crippen LogP contribution is -2.51. The Balaban J connectivity index is 1.79. The number of hydrogen-bond acceptors (Lipinski definition) is 4. The lowest BCUT2D eigenvalue weighted by molar-refractivity contribution is -0.145. The summed E-state index contributed by atoms with van der Waals surface area (Å²) in [5.41, 5.74) is 0. The maximum Gasteiger partial charge on any atom is 0.317 e. The molecule has 0 spiro atoms. The van der Waals surface area contributed by atoms with Gasteiger partial charge in [0, 0.05) is 39.3 Å². The molecule has 2 heterocycles. The fraction of sp³-hybridized carbons (Fsp3) is 0.875. The number of rotatable bonds is 6. The fourth-order valence-electron chi connectivity index (χ4n) is 3.52. The number of methoxy groups -OCH3 is 1. The summed E-state index contributed by atoms with van der Waals surface area (Å²) in [5.74, 6) is -1.15. The first-order valence-electron chi connectivity index (χ1n) is 8.51. The fourth-order valence-corrected chi connectivity index (χ4v) is 3.52. The van der Waals surface area contributed by atoms with Gasteiger partial charge >= 0.3 is 12.0 Å². The Labute approximate surface area is 138 Å². The van der Waals surface area contributed by atoms with Crippen LogP contribution in [0.25, 0.3) is 0 Å². The van der Waals surface area contributed by atoms with Crippen molar-refractivity contribution in [2.75, 3.05) is 46.4 Å². The molecule has 3 atom stereocenters. The van der Waals surface area contributed by atoms with Gasteiger partial charge < -0.3 is 20.1 Å². The first kappa shape index (κ1) is 18.0. The number of carboxylic acids is 1. The first-order chi connectivity index (χ1) is 11.0. The van der Waals surface area contributed by atoms with Crippen LogP contribution in [0.15, 0.2) is 0 Å². The Bertz CT molecular complexity index is 418. The molecule has 0 radical (unpaired) electrons. The minimum Gasteiger partial charge on any atom is -0.481 e. The molecule has 0 aromatic carbocycles. The molecule has 7 heteroatoms. The maximum absolute atomic E-state index is 12.3. The highest BCUT2D eigenvalue weighted by Gasteiger charge is 2.34. The number of urea groups is 1. The highest BCUT2D eigenvalue weighted by atomic mass is 16.5. The highest BCUT2D eigenvalue weighted by molar-refractivity contribution is 5.76. The number of carboxylic acid groups (broad SMARTS) is 1. The number of amides is 2. The Morgan fingerprint density at radius 3 is 2.78 bits per heavy atom. The van der Waals surface area contributed by atoms with E-state index in [0.29, 0.717) is 32.3 Å². The smallest absolute Gasteiger partial charge is 0.317 e. The first-order valence-corrected chi connectivity index (χ1v) is 8.51. The number of carbonyl (C=O) groups excluding carboxylic acids is 1. The molecule has 2 amide bonds. The van der Waals surface area contributed by atoms with Crippen LogP contribution in [0.1, 0.15) is 26.2 Å². The van der Waals surface area contributed by atoms with Crippen molar-refractivity contribution in [3.8, 4) is 0 Å². The van der Waals surface area contributed by atoms with Gasteiger partial charge in [0.2, 0.25) is 0 Å². The lowest BCUT2D eigenvalue weighted by Gasteiger charge is -2.35. The average molecular weight is 327 g/mol. The minimum absolute atomic E-state index is 0.121. The number of likely N-dealkylation sites (tertiary alicyclic amines) is 2. The molecule has 23 heavy (non-hydrogen) atoms. The normalized spacial score (nSPS) is 28.8. The van der Waals surface area contributed by atoms with Crippen molar-refractivity contribution in [3.05, 3.63) is 0 Å². The van der Waals surface area contributed by atoms with Crippen LogP contribution in [0, 0.1) is 11.8 Å². The molecular formula is C16H29N3O4. The predicted molar refractivity (Wildman–Crippen MR) is 86.3 cm³/mol. The number of nitrogens with zero attached hydrogens (tertiary/aromatic N) is 2. The SMILES string of the molecule is COCCN1CCCC1CNC(=O)N1CCC(C)C(C(=O)O)C1. The quantitative estimate of drug-likeness (QED) is 0.756. The van der Waals surface area contributed by atoms with Gasteiger partial charge in [0.1, 0.15) is 0 Å². The van der Waals surface area contributed by atoms with Gasteiger partial charge in [-0.15, -0.1) is 0 Å². The molecule has 0 saturated carbocycles. The number of hydrogen-bond donors (Lipinski definition) is 2. The van der Waals surface area contributed by atoms with Crippen molar-refractivity contribution in [3.63, 3.8) is 0 Å². The molecular weight excluding hydrogens is 298 g/mol. The Kier molecular flexibility index (Phi) is 6.65. The van der Waals surface area contributed by atoms with Gasteiger partial charge in [0.25, 0.3) is 0 Å². The monoisotopic (exact) mass is 327 g/mol. The van der Waals surface area contributed by atoms with E-state index in [1.807, 2.05) is 6.92 Å². The molecule has 0 aromatic rings. The van der Waals surface area contributed by atoms with Crippen molar-refractivity contribution in [2.24, 2.45) is 11.8 Å². The molecule has 2 aliphatic rings. The topological polar surface area (TPSA) is 82.1 Å². The largest absolute Gasteiger partial charge is 0.481 e. The van der Waals surface area contributed by atoms with Gasteiger partial charge in [-0.25, -0.2) is 4.79 Å². The van der Waals surface area contributed by atoms with Gasteiger partial charge in [-0.2, -0.15) is 0 Å². The van der Waals surface area contributed by atoms with Crippen LogP contribution in [-0.2, 0) is 9.53 Å². The van der Waals surface area contributed by atoms with E-state index in [1.165, 1.54) is 0 Å². The van der Waals surface area contributed by atoms with Crippen LogP contribution in [0.2, 0.25) is 0 Å². The Morgan fingerprint density at radius 2 is 2.09 bits per heavy atom. The molecule has 132 valence electrons. The zero-order valence-corrected chi connectivity index (χ0v) is 14.2. The minimum atomic E-state index is -0.809. The second-order valence-electron chi connectivity index (χ2n) is 6.67. The summed E-state index contributed by atoms with van der Waals surface area (Å²) in [7, 11) is 1.70. The third-order valence-corrected chi connectivity index (χ3v) is 5.13. The van der Waals surface area contributed by atoms with Gasteiger partial charge in [0.15, 0.2) is 0 Å². The molecule has 3 unspecified atom stereocenters. The zero-order valence-electron chi connectivity index (χ0n) is 14.2. The van der Waals surface area contributed by atoms with Crippen LogP contribution >= 0.6 is 0 Å². The number of nitrogens with one attached hydrogen (secondary N) is 1. The van der Waals surface area contributed by atoms with Crippen LogP contribution in [-0.4, -0.2) is 79.4 Å². The van der Waals surface area contributed by atoms with Gasteiger partial charge in [-0.1, -0.05) is 6.92 Å². The van der Waals surface area contributed by atoms with E-state index in [2.05, 4.69) is 10.2 Å². The number of aliphatic carboxylic acids is 1. The standard InChI is InChI=1S/C16H29N3O4/c1-12-5-7-19(11-14(12)15(20)21)16(22)17-10-13-4-3-6-18(13)8-9-23-2/h12-14H,3-11H2,1-2H3,(H,17,22)(H,20,21). The lowest BCUT2D eigenvalue weighted by atomic mass is 9.87. The summed E-state index contributed by atoms with van der Waals surface area (Å²) < 4.78 is 5.12. The van der Waals surface area contributed by atoms with E-state index in [-0.39, 0.29) is 11.9 Å². The summed E-state index contributed by atoms with van der Waals surface area (Å²) >= 11 is 0. The van der Waals surface area contributed by atoms with E-state index in [4.69, 9.17) is 4.74 Å². The Morgan fingerprint density at radius 1 is 1.30 bits per heavy atom. The Hall–Kier alpha value is -1.34. The van der Waals surface area contributed by atoms with Crippen molar-refractivity contribution >= 4 is 12.0 Å². The maximum atomic E-state index is 12.3. The second-order valence-corrected chi connectivity index (χ2v) is 6.67. The zero-order chi connectivity index (χ0) is 16.8. The average Bonchev–Trinajstić information content (AvgIpc) is 2.98. The van der Waals surface area contributed by atoms with Gasteiger partial charge in [-0.05, 0) is 31.7 Å². The molecule has 0 bridgehead atoms. The summed E-state index contributed by atoms with van der Waals surface area (Å²) in [6.45, 7) is 6.14. The van der Waals surface area contributed by atoms with Gasteiger partial charge in [-0.3, -0.25) is 9.69 Å². The molecule has 2 fully saturated rings. The van der Waals surface area contributed by atoms with Crippen LogP contribution in [0.4, 0.5) is 4.79 Å². The van der Waals surface area contributed by atoms with Crippen LogP contribution in [0.3, 0.4) is 0 Å². The van der Waals surface area contributed by atoms with E-state index in [0.717, 1.165) is 32.4 Å². The molecule has 7 nitrogen and oxygen atoms in total. The molecule has 2 N–H and O–H groups in total. The number of piperidine rings is 1. The van der Waals surface area contributed by atoms with Crippen molar-refractivity contribution < 1.29 is 19.4 Å². The van der Waals surface area contributed by atoms with E-state index in [9.17, 15) is 14.7 Å². The van der Waals surface area contributed by atoms with Crippen LogP contribution < -0.4 is 5.32 Å². The summed E-state index contributed by atoms with van der Waals surface area (Å²) in [5, 5.41) is 12.2. The number of ether oxygens (including phenoxy) is 1. The van der Waals surface area contributed by atoms with Crippen LogP contribution in [0.5, 0.6) is 0 Å². The molecule has 2 rings (SSSR count). The summed E-state index contributed by atoms with van der Waals surface area (Å²) in [4.78, 5) is 27.6. The van der Waals surface area contributed by atoms with Crippen molar-refractivity contribution in [1.82, 2.24) is 15.1 Å². The third kappa shape index (κ3) is 4.81. The summed E-state index contributed by atoms with van der Waals surface area (Å²) in [6, 6.07) is 0.217.